The van der Waals surface area contributed by atoms with Crippen molar-refractivity contribution in [1.82, 2.24) is 9.13 Å². The third-order valence-electron chi connectivity index (χ3n) is 1.94. The van der Waals surface area contributed by atoms with Gasteiger partial charge in [0, 0.05) is 14.1 Å². The first-order valence-corrected chi connectivity index (χ1v) is 5.01. The predicted molar refractivity (Wildman–Crippen MR) is 67.7 cm³/mol. The van der Waals surface area contributed by atoms with Gasteiger partial charge in [-0.15, -0.1) is 12.6 Å². The predicted octanol–water partition coefficient (Wildman–Crippen LogP) is 1.02. The molecule has 0 aliphatic rings. The van der Waals surface area contributed by atoms with Crippen molar-refractivity contribution in [2.45, 2.75) is 6.92 Å². The third kappa shape index (κ3) is 2.13. The van der Waals surface area contributed by atoms with Crippen LogP contribution < -0.4 is 11.4 Å². The van der Waals surface area contributed by atoms with Crippen molar-refractivity contribution in [3.63, 3.8) is 0 Å². The SMILES string of the molecule is C/C(S)=N\c1c(N)c(=S)n(C)c(=O)n1C. The second-order valence-corrected chi connectivity index (χ2v) is 4.14. The molecule has 0 fully saturated rings. The molecule has 0 unspecified atom stereocenters. The average Bonchev–Trinajstić information content (AvgIpc) is 2.18. The molecule has 2 N–H and O–H groups in total. The topological polar surface area (TPSA) is 65.3 Å². The summed E-state index contributed by atoms with van der Waals surface area (Å²) in [4.78, 5) is 15.7. The van der Waals surface area contributed by atoms with E-state index in [0.717, 1.165) is 0 Å². The lowest BCUT2D eigenvalue weighted by atomic mass is 10.4. The Morgan fingerprint density at radius 3 is 2.47 bits per heavy atom. The van der Waals surface area contributed by atoms with Crippen molar-refractivity contribution in [3.8, 4) is 0 Å². The summed E-state index contributed by atoms with van der Waals surface area (Å²) in [6.45, 7) is 1.70. The van der Waals surface area contributed by atoms with Gasteiger partial charge >= 0.3 is 5.69 Å². The van der Waals surface area contributed by atoms with Crippen molar-refractivity contribution in [2.24, 2.45) is 19.1 Å². The fourth-order valence-corrected chi connectivity index (χ4v) is 1.41. The number of aliphatic imine (C=N–C) groups is 1. The highest BCUT2D eigenvalue weighted by Crippen LogP contribution is 2.20. The summed E-state index contributed by atoms with van der Waals surface area (Å²) < 4.78 is 2.92. The summed E-state index contributed by atoms with van der Waals surface area (Å²) >= 11 is 9.05. The highest BCUT2D eigenvalue weighted by atomic mass is 32.1. The van der Waals surface area contributed by atoms with Crippen LogP contribution in [-0.2, 0) is 14.1 Å². The maximum absolute atomic E-state index is 11.7. The Morgan fingerprint density at radius 2 is 2.00 bits per heavy atom. The van der Waals surface area contributed by atoms with E-state index in [0.29, 0.717) is 16.5 Å². The first-order chi connectivity index (χ1) is 6.86. The zero-order chi connectivity index (χ0) is 11.7. The van der Waals surface area contributed by atoms with Crippen LogP contribution in [0.15, 0.2) is 9.79 Å². The molecule has 0 aliphatic carbocycles. The van der Waals surface area contributed by atoms with E-state index in [1.54, 1.807) is 21.0 Å². The van der Waals surface area contributed by atoms with Crippen molar-refractivity contribution in [1.29, 1.82) is 0 Å². The second kappa shape index (κ2) is 4.19. The molecule has 0 aromatic carbocycles. The molecule has 0 amide bonds. The Kier molecular flexibility index (Phi) is 3.35. The summed E-state index contributed by atoms with van der Waals surface area (Å²) in [5, 5.41) is 0.514. The molecule has 1 rings (SSSR count). The summed E-state index contributed by atoms with van der Waals surface area (Å²) in [6.07, 6.45) is 0. The Hall–Kier alpha value is -1.08. The minimum absolute atomic E-state index is 0.262. The standard InChI is InChI=1S/C8H12N4OS2/c1-4(14)10-6-5(9)7(15)12(3)8(13)11(6)2/h9H2,1-3H3,(H,10,14). The van der Waals surface area contributed by atoms with Gasteiger partial charge in [0.25, 0.3) is 0 Å². The molecular weight excluding hydrogens is 232 g/mol. The van der Waals surface area contributed by atoms with Crippen molar-refractivity contribution >= 4 is 41.4 Å². The van der Waals surface area contributed by atoms with Gasteiger partial charge in [-0.05, 0) is 6.92 Å². The maximum atomic E-state index is 11.7. The van der Waals surface area contributed by atoms with E-state index in [2.05, 4.69) is 17.6 Å². The molecule has 0 spiro atoms. The van der Waals surface area contributed by atoms with Gasteiger partial charge in [0.15, 0.2) is 5.82 Å². The van der Waals surface area contributed by atoms with Crippen LogP contribution >= 0.6 is 24.8 Å². The van der Waals surface area contributed by atoms with Crippen LogP contribution in [-0.4, -0.2) is 14.2 Å². The second-order valence-electron chi connectivity index (χ2n) is 3.10. The molecule has 82 valence electrons. The summed E-state index contributed by atoms with van der Waals surface area (Å²) in [5.74, 6) is 0.343. The first kappa shape index (κ1) is 12.0. The fraction of sp³-hybridized carbons (Fsp3) is 0.375. The Bertz CT molecular complexity index is 500. The van der Waals surface area contributed by atoms with Gasteiger partial charge in [0.1, 0.15) is 10.3 Å². The van der Waals surface area contributed by atoms with Gasteiger partial charge < -0.3 is 5.73 Å². The number of anilines is 1. The molecule has 1 aromatic rings. The molecule has 0 atom stereocenters. The van der Waals surface area contributed by atoms with Crippen LogP contribution in [0.2, 0.25) is 0 Å². The summed E-state index contributed by atoms with van der Waals surface area (Å²) in [5.41, 5.74) is 5.82. The van der Waals surface area contributed by atoms with Crippen LogP contribution in [0.3, 0.4) is 0 Å². The number of aromatic nitrogens is 2. The quantitative estimate of drug-likeness (QED) is 0.335. The van der Waals surface area contributed by atoms with Crippen LogP contribution in [0.4, 0.5) is 11.5 Å². The number of thiol groups is 1. The third-order valence-corrected chi connectivity index (χ3v) is 2.53. The zero-order valence-electron chi connectivity index (χ0n) is 8.68. The minimum atomic E-state index is -0.262. The van der Waals surface area contributed by atoms with Crippen LogP contribution in [0.1, 0.15) is 6.92 Å². The summed E-state index contributed by atoms with van der Waals surface area (Å²) in [6, 6.07) is 0. The highest BCUT2D eigenvalue weighted by molar-refractivity contribution is 7.96. The molecule has 7 heteroatoms. The van der Waals surface area contributed by atoms with E-state index in [1.807, 2.05) is 0 Å². The van der Waals surface area contributed by atoms with Gasteiger partial charge in [-0.2, -0.15) is 0 Å². The van der Waals surface area contributed by atoms with Gasteiger partial charge in [0.05, 0.1) is 5.04 Å². The molecule has 0 bridgehead atoms. The number of hydrogen-bond donors (Lipinski definition) is 2. The van der Waals surface area contributed by atoms with E-state index < -0.39 is 0 Å². The maximum Gasteiger partial charge on any atom is 0.330 e. The number of hydrogen-bond acceptors (Lipinski definition) is 4. The number of nitrogens with zero attached hydrogens (tertiary/aromatic N) is 3. The molecule has 0 saturated carbocycles. The molecule has 0 aliphatic heterocycles. The number of nitrogens with two attached hydrogens (primary N) is 1. The smallest absolute Gasteiger partial charge is 0.330 e. The monoisotopic (exact) mass is 244 g/mol. The molecule has 15 heavy (non-hydrogen) atoms. The Morgan fingerprint density at radius 1 is 1.47 bits per heavy atom. The molecule has 5 nitrogen and oxygen atoms in total. The van der Waals surface area contributed by atoms with Gasteiger partial charge in [-0.25, -0.2) is 9.79 Å². The van der Waals surface area contributed by atoms with E-state index >= 15 is 0 Å². The number of nitrogen functional groups attached to an aromatic ring is 1. The van der Waals surface area contributed by atoms with E-state index in [9.17, 15) is 4.79 Å². The molecule has 1 aromatic heterocycles. The van der Waals surface area contributed by atoms with Gasteiger partial charge in [0.2, 0.25) is 0 Å². The molecule has 0 radical (unpaired) electrons. The van der Waals surface area contributed by atoms with Crippen LogP contribution in [0, 0.1) is 4.64 Å². The van der Waals surface area contributed by atoms with Gasteiger partial charge in [-0.1, -0.05) is 12.2 Å². The zero-order valence-corrected chi connectivity index (χ0v) is 10.4. The lowest BCUT2D eigenvalue weighted by molar-refractivity contribution is 0.705. The fourth-order valence-electron chi connectivity index (χ4n) is 1.15. The van der Waals surface area contributed by atoms with Crippen molar-refractivity contribution in [3.05, 3.63) is 15.1 Å². The van der Waals surface area contributed by atoms with Crippen LogP contribution in [0.5, 0.6) is 0 Å². The summed E-state index contributed by atoms with van der Waals surface area (Å²) in [7, 11) is 3.16. The Balaban J connectivity index is 3.76. The average molecular weight is 244 g/mol. The largest absolute Gasteiger partial charge is 0.393 e. The lowest BCUT2D eigenvalue weighted by Gasteiger charge is -2.10. The molecular formula is C8H12N4OS2. The van der Waals surface area contributed by atoms with Gasteiger partial charge in [-0.3, -0.25) is 9.13 Å². The van der Waals surface area contributed by atoms with Crippen molar-refractivity contribution in [2.75, 3.05) is 5.73 Å². The van der Waals surface area contributed by atoms with Crippen LogP contribution in [0.25, 0.3) is 0 Å². The normalized spacial score (nSPS) is 11.9. The Labute approximate surface area is 97.7 Å². The number of rotatable bonds is 1. The first-order valence-electron chi connectivity index (χ1n) is 4.16. The van der Waals surface area contributed by atoms with E-state index in [-0.39, 0.29) is 10.3 Å². The molecule has 0 saturated heterocycles. The molecule has 1 heterocycles. The van der Waals surface area contributed by atoms with E-state index in [4.69, 9.17) is 18.0 Å². The van der Waals surface area contributed by atoms with E-state index in [1.165, 1.54) is 9.13 Å². The lowest BCUT2D eigenvalue weighted by Crippen LogP contribution is -2.28. The highest BCUT2D eigenvalue weighted by Gasteiger charge is 2.09. The minimum Gasteiger partial charge on any atom is -0.393 e. The van der Waals surface area contributed by atoms with Crippen molar-refractivity contribution < 1.29 is 0 Å².